The summed E-state index contributed by atoms with van der Waals surface area (Å²) in [7, 11) is 0. The first-order chi connectivity index (χ1) is 5.36. The molecule has 0 aromatic heterocycles. The van der Waals surface area contributed by atoms with Crippen LogP contribution in [0.1, 0.15) is 13.8 Å². The molecule has 0 aliphatic carbocycles. The highest BCUT2D eigenvalue weighted by Gasteiger charge is 2.38. The zero-order valence-corrected chi connectivity index (χ0v) is 6.81. The van der Waals surface area contributed by atoms with Crippen LogP contribution in [0, 0.1) is 0 Å². The van der Waals surface area contributed by atoms with Crippen molar-refractivity contribution in [3.8, 4) is 0 Å². The highest BCUT2D eigenvalue weighted by molar-refractivity contribution is 5.73. The Morgan fingerprint density at radius 2 is 1.58 bits per heavy atom. The molecule has 74 valence electrons. The van der Waals surface area contributed by atoms with Crippen LogP contribution in [0.4, 0.5) is 13.2 Å². The molecule has 0 aliphatic rings. The van der Waals surface area contributed by atoms with Gasteiger partial charge in [0.05, 0.1) is 0 Å². The lowest BCUT2D eigenvalue weighted by molar-refractivity contribution is -0.192. The van der Waals surface area contributed by atoms with Crippen LogP contribution >= 0.6 is 0 Å². The second kappa shape index (κ2) is 6.90. The fourth-order valence-electron chi connectivity index (χ4n) is 0.204. The van der Waals surface area contributed by atoms with Gasteiger partial charge in [0.15, 0.2) is 0 Å². The van der Waals surface area contributed by atoms with Gasteiger partial charge in [-0.15, -0.1) is 0 Å². The first-order valence-corrected chi connectivity index (χ1v) is 3.24. The summed E-state index contributed by atoms with van der Waals surface area (Å²) in [6.07, 6.45) is -5.08. The van der Waals surface area contributed by atoms with E-state index in [9.17, 15) is 13.2 Å². The van der Waals surface area contributed by atoms with Crippen LogP contribution in [0.25, 0.3) is 0 Å². The van der Waals surface area contributed by atoms with Crippen molar-refractivity contribution in [2.75, 3.05) is 13.2 Å². The van der Waals surface area contributed by atoms with Gasteiger partial charge in [0.25, 0.3) is 0 Å². The molecule has 0 unspecified atom stereocenters. The van der Waals surface area contributed by atoms with Crippen molar-refractivity contribution in [3.05, 3.63) is 0 Å². The summed E-state index contributed by atoms with van der Waals surface area (Å²) < 4.78 is 36.6. The standard InChI is InChI=1S/C4H10O.C2HF3O2/c1-3-5-4-2;3-2(4,5)1(6)7/h3-4H2,1-2H3;(H,6,7). The fraction of sp³-hybridized carbons (Fsp3) is 0.833. The molecule has 0 fully saturated rings. The molecule has 0 aromatic carbocycles. The van der Waals surface area contributed by atoms with Crippen molar-refractivity contribution < 1.29 is 27.8 Å². The second-order valence-corrected chi connectivity index (χ2v) is 1.58. The Morgan fingerprint density at radius 3 is 1.58 bits per heavy atom. The maximum absolute atomic E-state index is 10.6. The van der Waals surface area contributed by atoms with Crippen molar-refractivity contribution in [1.82, 2.24) is 0 Å². The van der Waals surface area contributed by atoms with Gasteiger partial charge in [-0.25, -0.2) is 4.79 Å². The number of hydrogen-bond acceptors (Lipinski definition) is 2. The van der Waals surface area contributed by atoms with E-state index in [1.165, 1.54) is 0 Å². The van der Waals surface area contributed by atoms with Crippen molar-refractivity contribution >= 4 is 5.97 Å². The van der Waals surface area contributed by atoms with E-state index in [0.717, 1.165) is 13.2 Å². The third-order valence-corrected chi connectivity index (χ3v) is 0.651. The molecule has 0 aromatic rings. The Hall–Kier alpha value is -0.780. The molecule has 0 saturated heterocycles. The molecule has 6 heteroatoms. The Bertz CT molecular complexity index is 120. The van der Waals surface area contributed by atoms with Gasteiger partial charge in [-0.2, -0.15) is 13.2 Å². The first kappa shape index (κ1) is 13.8. The Morgan fingerprint density at radius 1 is 1.33 bits per heavy atom. The van der Waals surface area contributed by atoms with Gasteiger partial charge in [0.2, 0.25) is 0 Å². The van der Waals surface area contributed by atoms with E-state index in [1.807, 2.05) is 13.8 Å². The van der Waals surface area contributed by atoms with E-state index < -0.39 is 12.1 Å². The quantitative estimate of drug-likeness (QED) is 0.717. The number of carboxylic acids is 1. The maximum Gasteiger partial charge on any atom is 0.490 e. The molecule has 0 bridgehead atoms. The summed E-state index contributed by atoms with van der Waals surface area (Å²) in [5.41, 5.74) is 0. The van der Waals surface area contributed by atoms with Crippen LogP contribution in [-0.2, 0) is 9.53 Å². The van der Waals surface area contributed by atoms with Gasteiger partial charge in [0, 0.05) is 13.2 Å². The molecule has 0 heterocycles. The van der Waals surface area contributed by atoms with Crippen LogP contribution < -0.4 is 0 Å². The molecule has 0 radical (unpaired) electrons. The summed E-state index contributed by atoms with van der Waals surface area (Å²) in [5, 5.41) is 7.12. The number of ether oxygens (including phenoxy) is 1. The topological polar surface area (TPSA) is 46.5 Å². The summed E-state index contributed by atoms with van der Waals surface area (Å²) in [6.45, 7) is 5.67. The lowest BCUT2D eigenvalue weighted by Crippen LogP contribution is -2.21. The molecule has 0 amide bonds. The first-order valence-electron chi connectivity index (χ1n) is 3.24. The molecular weight excluding hydrogens is 177 g/mol. The fourth-order valence-corrected chi connectivity index (χ4v) is 0.204. The van der Waals surface area contributed by atoms with E-state index in [0.29, 0.717) is 0 Å². The van der Waals surface area contributed by atoms with Gasteiger partial charge >= 0.3 is 12.1 Å². The van der Waals surface area contributed by atoms with Crippen molar-refractivity contribution in [1.29, 1.82) is 0 Å². The van der Waals surface area contributed by atoms with Crippen LogP contribution in [0.15, 0.2) is 0 Å². The average molecular weight is 188 g/mol. The number of aliphatic carboxylic acids is 1. The monoisotopic (exact) mass is 188 g/mol. The van der Waals surface area contributed by atoms with Crippen LogP contribution in [0.2, 0.25) is 0 Å². The number of carboxylic acid groups (broad SMARTS) is 1. The van der Waals surface area contributed by atoms with E-state index in [4.69, 9.17) is 14.6 Å². The Labute approximate surface area is 68.1 Å². The largest absolute Gasteiger partial charge is 0.490 e. The normalized spacial score (nSPS) is 10.1. The average Bonchev–Trinajstić information content (AvgIpc) is 1.88. The minimum Gasteiger partial charge on any atom is -0.475 e. The Kier molecular flexibility index (Phi) is 7.93. The van der Waals surface area contributed by atoms with E-state index in [1.54, 1.807) is 0 Å². The molecule has 0 rings (SSSR count). The SMILES string of the molecule is CCOCC.O=C(O)C(F)(F)F. The summed E-state index contributed by atoms with van der Waals surface area (Å²) in [5.74, 6) is -2.76. The summed E-state index contributed by atoms with van der Waals surface area (Å²) in [4.78, 5) is 8.90. The van der Waals surface area contributed by atoms with Crippen molar-refractivity contribution in [2.24, 2.45) is 0 Å². The van der Waals surface area contributed by atoms with Crippen molar-refractivity contribution in [3.63, 3.8) is 0 Å². The molecule has 0 atom stereocenters. The van der Waals surface area contributed by atoms with Crippen LogP contribution in [0.3, 0.4) is 0 Å². The highest BCUT2D eigenvalue weighted by Crippen LogP contribution is 2.13. The molecular formula is C6H11F3O3. The maximum atomic E-state index is 10.6. The lowest BCUT2D eigenvalue weighted by atomic mass is 10.7. The van der Waals surface area contributed by atoms with E-state index in [-0.39, 0.29) is 0 Å². The number of halogens is 3. The zero-order chi connectivity index (χ0) is 10.2. The van der Waals surface area contributed by atoms with E-state index in [2.05, 4.69) is 0 Å². The third-order valence-electron chi connectivity index (χ3n) is 0.651. The highest BCUT2D eigenvalue weighted by atomic mass is 19.4. The number of hydrogen-bond donors (Lipinski definition) is 1. The predicted molar refractivity (Wildman–Crippen MR) is 35.9 cm³/mol. The van der Waals surface area contributed by atoms with Gasteiger partial charge in [0.1, 0.15) is 0 Å². The van der Waals surface area contributed by atoms with Crippen LogP contribution in [-0.4, -0.2) is 30.5 Å². The van der Waals surface area contributed by atoms with Crippen LogP contribution in [0.5, 0.6) is 0 Å². The predicted octanol–water partition coefficient (Wildman–Crippen LogP) is 1.68. The lowest BCUT2D eigenvalue weighted by Gasteiger charge is -1.93. The molecule has 1 N–H and O–H groups in total. The number of rotatable bonds is 2. The zero-order valence-electron chi connectivity index (χ0n) is 6.81. The Balaban J connectivity index is 0. The molecule has 12 heavy (non-hydrogen) atoms. The van der Waals surface area contributed by atoms with Gasteiger partial charge in [-0.05, 0) is 13.8 Å². The van der Waals surface area contributed by atoms with Gasteiger partial charge in [-0.3, -0.25) is 0 Å². The molecule has 0 spiro atoms. The smallest absolute Gasteiger partial charge is 0.475 e. The molecule has 3 nitrogen and oxygen atoms in total. The molecule has 0 aliphatic heterocycles. The van der Waals surface area contributed by atoms with Crippen molar-refractivity contribution in [2.45, 2.75) is 20.0 Å². The van der Waals surface area contributed by atoms with E-state index >= 15 is 0 Å². The summed E-state index contributed by atoms with van der Waals surface area (Å²) >= 11 is 0. The third kappa shape index (κ3) is 12.0. The minimum atomic E-state index is -5.08. The van der Waals surface area contributed by atoms with Gasteiger partial charge in [-0.1, -0.05) is 0 Å². The molecule has 0 saturated carbocycles. The minimum absolute atomic E-state index is 0.844. The number of carbonyl (C=O) groups is 1. The summed E-state index contributed by atoms with van der Waals surface area (Å²) in [6, 6.07) is 0. The van der Waals surface area contributed by atoms with Gasteiger partial charge < -0.3 is 9.84 Å². The second-order valence-electron chi connectivity index (χ2n) is 1.58. The number of alkyl halides is 3.